The Morgan fingerprint density at radius 1 is 1.52 bits per heavy atom. The van der Waals surface area contributed by atoms with Crippen LogP contribution in [0.4, 0.5) is 4.79 Å². The van der Waals surface area contributed by atoms with Gasteiger partial charge in [-0.2, -0.15) is 0 Å². The Kier molecular flexibility index (Phi) is 4.46. The van der Waals surface area contributed by atoms with E-state index < -0.39 is 12.0 Å². The lowest BCUT2D eigenvalue weighted by Crippen LogP contribution is -2.41. The van der Waals surface area contributed by atoms with Gasteiger partial charge in [-0.1, -0.05) is 0 Å². The van der Waals surface area contributed by atoms with Crippen molar-refractivity contribution in [2.45, 2.75) is 25.8 Å². The number of nitrogens with two attached hydrogens (primary N) is 1. The molecule has 114 valence electrons. The van der Waals surface area contributed by atoms with Crippen molar-refractivity contribution in [2.75, 3.05) is 13.1 Å². The van der Waals surface area contributed by atoms with Gasteiger partial charge in [-0.25, -0.2) is 9.59 Å². The third kappa shape index (κ3) is 3.33. The summed E-state index contributed by atoms with van der Waals surface area (Å²) in [5.74, 6) is -1.17. The predicted molar refractivity (Wildman–Crippen MR) is 77.3 cm³/mol. The fraction of sp³-hybridized carbons (Fsp3) is 0.462. The number of urea groups is 1. The number of hydrogen-bond acceptors (Lipinski definition) is 4. The predicted octanol–water partition coefficient (Wildman–Crippen LogP) is 1.09. The maximum Gasteiger partial charge on any atom is 0.336 e. The highest BCUT2D eigenvalue weighted by atomic mass is 32.1. The molecule has 1 saturated heterocycles. The van der Waals surface area contributed by atoms with Crippen molar-refractivity contribution in [1.29, 1.82) is 0 Å². The molecule has 2 rings (SSSR count). The van der Waals surface area contributed by atoms with Gasteiger partial charge in [-0.05, 0) is 25.8 Å². The number of rotatable bonds is 4. The molecule has 1 aromatic heterocycles. The van der Waals surface area contributed by atoms with E-state index in [1.165, 1.54) is 11.3 Å². The van der Waals surface area contributed by atoms with Crippen molar-refractivity contribution in [3.05, 3.63) is 21.4 Å². The van der Waals surface area contributed by atoms with Crippen LogP contribution in [0.25, 0.3) is 0 Å². The van der Waals surface area contributed by atoms with E-state index in [0.29, 0.717) is 6.54 Å². The van der Waals surface area contributed by atoms with Crippen molar-refractivity contribution >= 4 is 29.2 Å². The molecule has 1 fully saturated rings. The topological polar surface area (TPSA) is 113 Å². The molecule has 7 nitrogen and oxygen atoms in total. The van der Waals surface area contributed by atoms with E-state index in [9.17, 15) is 14.4 Å². The smallest absolute Gasteiger partial charge is 0.336 e. The van der Waals surface area contributed by atoms with Crippen molar-refractivity contribution in [3.63, 3.8) is 0 Å². The third-order valence-electron chi connectivity index (χ3n) is 3.48. The second kappa shape index (κ2) is 6.13. The minimum atomic E-state index is -0.957. The number of nitrogens with one attached hydrogen (secondary N) is 1. The van der Waals surface area contributed by atoms with Crippen molar-refractivity contribution < 1.29 is 19.5 Å². The number of nitrogens with zero attached hydrogens (tertiary/aromatic N) is 1. The first-order valence-electron chi connectivity index (χ1n) is 6.56. The summed E-state index contributed by atoms with van der Waals surface area (Å²) in [4.78, 5) is 37.2. The molecule has 0 bridgehead atoms. The summed E-state index contributed by atoms with van der Waals surface area (Å²) in [5, 5.41) is 11.4. The van der Waals surface area contributed by atoms with E-state index in [1.54, 1.807) is 17.9 Å². The molecule has 21 heavy (non-hydrogen) atoms. The zero-order chi connectivity index (χ0) is 15.6. The van der Waals surface area contributed by atoms with Crippen LogP contribution in [-0.2, 0) is 4.79 Å². The zero-order valence-corrected chi connectivity index (χ0v) is 12.4. The Morgan fingerprint density at radius 3 is 2.81 bits per heavy atom. The lowest BCUT2D eigenvalue weighted by atomic mass is 10.1. The quantitative estimate of drug-likeness (QED) is 0.772. The number of hydrogen-bond donors (Lipinski definition) is 3. The summed E-state index contributed by atoms with van der Waals surface area (Å²) in [5.41, 5.74) is 5.24. The van der Waals surface area contributed by atoms with E-state index in [2.05, 4.69) is 5.32 Å². The fourth-order valence-corrected chi connectivity index (χ4v) is 3.67. The number of carboxylic acid groups (broad SMARTS) is 1. The lowest BCUT2D eigenvalue weighted by Gasteiger charge is -2.23. The summed E-state index contributed by atoms with van der Waals surface area (Å²) < 4.78 is 0. The summed E-state index contributed by atoms with van der Waals surface area (Å²) in [6.45, 7) is 2.22. The number of carbonyl (C=O) groups is 3. The standard InChI is InChI=1S/C13H17N3O4S/c1-7-8(12(18)19)5-10(21-7)9-3-2-4-16(9)11(17)6-15-13(14)20/h5,9H,2-4,6H2,1H3,(H,18,19)(H3,14,15,20). The summed E-state index contributed by atoms with van der Waals surface area (Å²) in [6.07, 6.45) is 1.65. The lowest BCUT2D eigenvalue weighted by molar-refractivity contribution is -0.130. The first-order chi connectivity index (χ1) is 9.90. The normalized spacial score (nSPS) is 17.8. The van der Waals surface area contributed by atoms with Gasteiger partial charge in [0, 0.05) is 16.3 Å². The minimum absolute atomic E-state index is 0.121. The van der Waals surface area contributed by atoms with Crippen LogP contribution in [0.3, 0.4) is 0 Å². The van der Waals surface area contributed by atoms with Crippen molar-refractivity contribution in [3.8, 4) is 0 Å². The molecule has 3 amide bonds. The summed E-state index contributed by atoms with van der Waals surface area (Å²) in [6, 6.07) is 0.781. The first-order valence-corrected chi connectivity index (χ1v) is 7.38. The van der Waals surface area contributed by atoms with Crippen LogP contribution in [0.15, 0.2) is 6.07 Å². The number of aryl methyl sites for hydroxylation is 1. The molecule has 2 heterocycles. The Morgan fingerprint density at radius 2 is 2.24 bits per heavy atom. The van der Waals surface area contributed by atoms with Crippen LogP contribution >= 0.6 is 11.3 Å². The Labute approximate surface area is 125 Å². The molecule has 0 aliphatic carbocycles. The van der Waals surface area contributed by atoms with Crippen molar-refractivity contribution in [1.82, 2.24) is 10.2 Å². The molecule has 1 atom stereocenters. The number of carboxylic acids is 1. The summed E-state index contributed by atoms with van der Waals surface area (Å²) in [7, 11) is 0. The van der Waals surface area contributed by atoms with Gasteiger partial charge >= 0.3 is 12.0 Å². The fourth-order valence-electron chi connectivity index (χ4n) is 2.51. The average molecular weight is 311 g/mol. The molecule has 0 aromatic carbocycles. The van der Waals surface area contributed by atoms with Crippen LogP contribution in [0.1, 0.15) is 39.0 Å². The van der Waals surface area contributed by atoms with E-state index in [0.717, 1.165) is 22.6 Å². The SMILES string of the molecule is Cc1sc(C2CCCN2C(=O)CNC(N)=O)cc1C(=O)O. The van der Waals surface area contributed by atoms with Crippen LogP contribution < -0.4 is 11.1 Å². The van der Waals surface area contributed by atoms with Gasteiger partial charge in [0.2, 0.25) is 5.91 Å². The maximum absolute atomic E-state index is 12.1. The van der Waals surface area contributed by atoms with Crippen molar-refractivity contribution in [2.24, 2.45) is 5.73 Å². The molecular formula is C13H17N3O4S. The first kappa shape index (κ1) is 15.3. The molecule has 8 heteroatoms. The monoisotopic (exact) mass is 311 g/mol. The third-order valence-corrected chi connectivity index (χ3v) is 4.63. The van der Waals surface area contributed by atoms with E-state index in [1.807, 2.05) is 0 Å². The Hall–Kier alpha value is -2.09. The van der Waals surface area contributed by atoms with Gasteiger partial charge in [0.05, 0.1) is 18.2 Å². The van der Waals surface area contributed by atoms with E-state index >= 15 is 0 Å². The van der Waals surface area contributed by atoms with E-state index in [-0.39, 0.29) is 24.1 Å². The van der Waals surface area contributed by atoms with Gasteiger partial charge in [0.1, 0.15) is 0 Å². The van der Waals surface area contributed by atoms with Gasteiger partial charge in [0.25, 0.3) is 0 Å². The second-order valence-corrected chi connectivity index (χ2v) is 6.17. The van der Waals surface area contributed by atoms with Crippen LogP contribution in [0, 0.1) is 6.92 Å². The summed E-state index contributed by atoms with van der Waals surface area (Å²) >= 11 is 1.40. The Bertz CT molecular complexity index is 584. The molecule has 1 aromatic rings. The maximum atomic E-state index is 12.1. The number of aromatic carboxylic acids is 1. The van der Waals surface area contributed by atoms with E-state index in [4.69, 9.17) is 10.8 Å². The Balaban J connectivity index is 2.14. The minimum Gasteiger partial charge on any atom is -0.478 e. The molecule has 4 N–H and O–H groups in total. The van der Waals surface area contributed by atoms with Crippen LogP contribution in [-0.4, -0.2) is 41.0 Å². The van der Waals surface area contributed by atoms with Gasteiger partial charge < -0.3 is 21.1 Å². The second-order valence-electron chi connectivity index (χ2n) is 4.89. The molecule has 0 saturated carbocycles. The molecule has 1 aliphatic rings. The molecule has 0 radical (unpaired) electrons. The van der Waals surface area contributed by atoms with Gasteiger partial charge in [0.15, 0.2) is 0 Å². The number of amides is 3. The van der Waals surface area contributed by atoms with Crippen LogP contribution in [0.5, 0.6) is 0 Å². The average Bonchev–Trinajstić information content (AvgIpc) is 3.01. The van der Waals surface area contributed by atoms with Gasteiger partial charge in [-0.15, -0.1) is 11.3 Å². The number of thiophene rings is 1. The highest BCUT2D eigenvalue weighted by Gasteiger charge is 2.31. The highest BCUT2D eigenvalue weighted by Crippen LogP contribution is 2.37. The zero-order valence-electron chi connectivity index (χ0n) is 11.6. The molecule has 0 spiro atoms. The molecular weight excluding hydrogens is 294 g/mol. The molecule has 1 unspecified atom stereocenters. The largest absolute Gasteiger partial charge is 0.478 e. The number of carbonyl (C=O) groups excluding carboxylic acids is 2. The number of likely N-dealkylation sites (tertiary alicyclic amines) is 1. The molecule has 1 aliphatic heterocycles. The van der Waals surface area contributed by atoms with Crippen LogP contribution in [0.2, 0.25) is 0 Å². The van der Waals surface area contributed by atoms with Gasteiger partial charge in [-0.3, -0.25) is 4.79 Å². The highest BCUT2D eigenvalue weighted by molar-refractivity contribution is 7.12. The number of primary amides is 1.